The number of para-hydroxylation sites is 1. The number of aromatic amines is 1. The number of fused-ring (bicyclic) bond motifs is 2. The van der Waals surface area contributed by atoms with Crippen LogP contribution in [0.2, 0.25) is 0 Å². The predicted octanol–water partition coefficient (Wildman–Crippen LogP) is 3.04. The summed E-state index contributed by atoms with van der Waals surface area (Å²) < 4.78 is 0. The SMILES string of the molecule is O=C(NCc1c[nH]c2ncccc12)c1ccc2ccccc2n1. The number of pyridine rings is 2. The minimum absolute atomic E-state index is 0.186. The van der Waals surface area contributed by atoms with Gasteiger partial charge in [-0.2, -0.15) is 0 Å². The molecule has 0 aliphatic heterocycles. The van der Waals surface area contributed by atoms with Crippen LogP contribution in [0.25, 0.3) is 21.9 Å². The van der Waals surface area contributed by atoms with E-state index < -0.39 is 0 Å². The number of rotatable bonds is 3. The van der Waals surface area contributed by atoms with E-state index >= 15 is 0 Å². The summed E-state index contributed by atoms with van der Waals surface area (Å²) in [5, 5.41) is 4.94. The van der Waals surface area contributed by atoms with Gasteiger partial charge in [0.1, 0.15) is 11.3 Å². The summed E-state index contributed by atoms with van der Waals surface area (Å²) in [4.78, 5) is 24.1. The third-order valence-electron chi connectivity index (χ3n) is 3.81. The molecule has 4 rings (SSSR count). The summed E-state index contributed by atoms with van der Waals surface area (Å²) >= 11 is 0. The Bertz CT molecular complexity index is 1010. The van der Waals surface area contributed by atoms with Crippen molar-refractivity contribution in [1.82, 2.24) is 20.3 Å². The van der Waals surface area contributed by atoms with E-state index in [2.05, 4.69) is 20.3 Å². The molecule has 1 amide bonds. The summed E-state index contributed by atoms with van der Waals surface area (Å²) in [7, 11) is 0. The maximum Gasteiger partial charge on any atom is 0.270 e. The molecule has 0 saturated heterocycles. The first-order valence-electron chi connectivity index (χ1n) is 7.36. The zero-order chi connectivity index (χ0) is 15.6. The minimum Gasteiger partial charge on any atom is -0.347 e. The Balaban J connectivity index is 1.55. The molecule has 0 unspecified atom stereocenters. The molecule has 1 aromatic carbocycles. The topological polar surface area (TPSA) is 70.7 Å². The van der Waals surface area contributed by atoms with Crippen molar-refractivity contribution in [2.45, 2.75) is 6.54 Å². The molecule has 23 heavy (non-hydrogen) atoms. The molecule has 2 N–H and O–H groups in total. The lowest BCUT2D eigenvalue weighted by Gasteiger charge is -2.05. The molecule has 3 heterocycles. The number of amides is 1. The van der Waals surface area contributed by atoms with Crippen molar-refractivity contribution in [2.75, 3.05) is 0 Å². The normalized spacial score (nSPS) is 11.0. The van der Waals surface area contributed by atoms with Gasteiger partial charge in [0.25, 0.3) is 5.91 Å². The van der Waals surface area contributed by atoms with Crippen LogP contribution >= 0.6 is 0 Å². The summed E-state index contributed by atoms with van der Waals surface area (Å²) in [5.41, 5.74) is 3.06. The van der Waals surface area contributed by atoms with Gasteiger partial charge in [-0.3, -0.25) is 4.79 Å². The average Bonchev–Trinajstić information content (AvgIpc) is 3.02. The van der Waals surface area contributed by atoms with Crippen LogP contribution in [0.4, 0.5) is 0 Å². The van der Waals surface area contributed by atoms with E-state index in [4.69, 9.17) is 0 Å². The molecule has 0 aliphatic carbocycles. The molecule has 0 bridgehead atoms. The van der Waals surface area contributed by atoms with Crippen LogP contribution in [0.15, 0.2) is 60.9 Å². The second-order valence-corrected chi connectivity index (χ2v) is 5.29. The van der Waals surface area contributed by atoms with Crippen LogP contribution in [0.5, 0.6) is 0 Å². The van der Waals surface area contributed by atoms with E-state index in [0.717, 1.165) is 27.5 Å². The number of H-pyrrole nitrogens is 1. The molecule has 5 nitrogen and oxygen atoms in total. The van der Waals surface area contributed by atoms with Crippen LogP contribution in [0, 0.1) is 0 Å². The molecular weight excluding hydrogens is 288 g/mol. The lowest BCUT2D eigenvalue weighted by atomic mass is 10.2. The van der Waals surface area contributed by atoms with Crippen LogP contribution in [-0.2, 0) is 6.54 Å². The van der Waals surface area contributed by atoms with Crippen molar-refractivity contribution >= 4 is 27.8 Å². The first-order chi connectivity index (χ1) is 11.3. The number of nitrogens with one attached hydrogen (secondary N) is 2. The second kappa shape index (κ2) is 5.53. The van der Waals surface area contributed by atoms with Gasteiger partial charge in [0.2, 0.25) is 0 Å². The molecule has 4 aromatic rings. The van der Waals surface area contributed by atoms with E-state index in [9.17, 15) is 4.79 Å². The number of aromatic nitrogens is 3. The Labute approximate surface area is 132 Å². The Morgan fingerprint density at radius 1 is 1.09 bits per heavy atom. The molecule has 0 saturated carbocycles. The number of carbonyl (C=O) groups excluding carboxylic acids is 1. The summed E-state index contributed by atoms with van der Waals surface area (Å²) in [6.45, 7) is 0.430. The van der Waals surface area contributed by atoms with Crippen molar-refractivity contribution in [1.29, 1.82) is 0 Å². The number of hydrogen-bond acceptors (Lipinski definition) is 3. The smallest absolute Gasteiger partial charge is 0.270 e. The predicted molar refractivity (Wildman–Crippen MR) is 89.0 cm³/mol. The van der Waals surface area contributed by atoms with E-state index in [-0.39, 0.29) is 5.91 Å². The van der Waals surface area contributed by atoms with Crippen molar-refractivity contribution in [3.8, 4) is 0 Å². The zero-order valence-electron chi connectivity index (χ0n) is 12.3. The van der Waals surface area contributed by atoms with Gasteiger partial charge < -0.3 is 10.3 Å². The summed E-state index contributed by atoms with van der Waals surface area (Å²) in [5.74, 6) is -0.186. The fourth-order valence-corrected chi connectivity index (χ4v) is 2.62. The van der Waals surface area contributed by atoms with Crippen molar-refractivity contribution in [3.05, 3.63) is 72.2 Å². The van der Waals surface area contributed by atoms with Crippen LogP contribution in [0.1, 0.15) is 16.1 Å². The van der Waals surface area contributed by atoms with Gasteiger partial charge in [-0.25, -0.2) is 9.97 Å². The Morgan fingerprint density at radius 2 is 2.00 bits per heavy atom. The number of nitrogens with zero attached hydrogens (tertiary/aromatic N) is 2. The molecular formula is C18H14N4O. The molecule has 0 atom stereocenters. The first kappa shape index (κ1) is 13.5. The maximum atomic E-state index is 12.3. The van der Waals surface area contributed by atoms with Gasteiger partial charge in [-0.15, -0.1) is 0 Å². The largest absolute Gasteiger partial charge is 0.347 e. The number of hydrogen-bond donors (Lipinski definition) is 2. The van der Waals surface area contributed by atoms with E-state index in [1.807, 2.05) is 48.7 Å². The minimum atomic E-state index is -0.186. The first-order valence-corrected chi connectivity index (χ1v) is 7.36. The van der Waals surface area contributed by atoms with Crippen molar-refractivity contribution < 1.29 is 4.79 Å². The lowest BCUT2D eigenvalue weighted by molar-refractivity contribution is 0.0946. The van der Waals surface area contributed by atoms with Crippen LogP contribution < -0.4 is 5.32 Å². The maximum absolute atomic E-state index is 12.3. The Morgan fingerprint density at radius 3 is 2.96 bits per heavy atom. The molecule has 3 aromatic heterocycles. The van der Waals surface area contributed by atoms with Gasteiger partial charge in [0, 0.05) is 29.7 Å². The molecule has 112 valence electrons. The van der Waals surface area contributed by atoms with Gasteiger partial charge in [-0.1, -0.05) is 24.3 Å². The van der Waals surface area contributed by atoms with Gasteiger partial charge in [0.05, 0.1) is 5.52 Å². The summed E-state index contributed by atoms with van der Waals surface area (Å²) in [6, 6.07) is 15.3. The molecule has 0 spiro atoms. The highest BCUT2D eigenvalue weighted by atomic mass is 16.1. The quantitative estimate of drug-likeness (QED) is 0.611. The molecule has 0 fully saturated rings. The second-order valence-electron chi connectivity index (χ2n) is 5.29. The van der Waals surface area contributed by atoms with Gasteiger partial charge in [0.15, 0.2) is 0 Å². The molecule has 0 radical (unpaired) electrons. The van der Waals surface area contributed by atoms with Crippen LogP contribution in [0.3, 0.4) is 0 Å². The fourth-order valence-electron chi connectivity index (χ4n) is 2.62. The van der Waals surface area contributed by atoms with Crippen LogP contribution in [-0.4, -0.2) is 20.9 Å². The van der Waals surface area contributed by atoms with Crippen molar-refractivity contribution in [3.63, 3.8) is 0 Å². The molecule has 0 aliphatic rings. The molecule has 5 heteroatoms. The zero-order valence-corrected chi connectivity index (χ0v) is 12.3. The van der Waals surface area contributed by atoms with E-state index in [1.54, 1.807) is 12.3 Å². The van der Waals surface area contributed by atoms with E-state index in [0.29, 0.717) is 12.2 Å². The van der Waals surface area contributed by atoms with Gasteiger partial charge >= 0.3 is 0 Å². The third kappa shape index (κ3) is 2.53. The number of carbonyl (C=O) groups is 1. The van der Waals surface area contributed by atoms with Gasteiger partial charge in [-0.05, 0) is 29.8 Å². The summed E-state index contributed by atoms with van der Waals surface area (Å²) in [6.07, 6.45) is 3.60. The average molecular weight is 302 g/mol. The van der Waals surface area contributed by atoms with Crippen molar-refractivity contribution in [2.24, 2.45) is 0 Å². The Hall–Kier alpha value is -3.21. The standard InChI is InChI=1S/C18H14N4O/c23-18(16-8-7-12-4-1-2-6-15(12)22-16)21-11-13-10-20-17-14(13)5-3-9-19-17/h1-10H,11H2,(H,19,20)(H,21,23). The highest BCUT2D eigenvalue weighted by molar-refractivity contribution is 5.95. The fraction of sp³-hybridized carbons (Fsp3) is 0.0556. The van der Waals surface area contributed by atoms with E-state index in [1.165, 1.54) is 0 Å². The highest BCUT2D eigenvalue weighted by Gasteiger charge is 2.10. The lowest BCUT2D eigenvalue weighted by Crippen LogP contribution is -2.23. The highest BCUT2D eigenvalue weighted by Crippen LogP contribution is 2.16. The third-order valence-corrected chi connectivity index (χ3v) is 3.81. The monoisotopic (exact) mass is 302 g/mol. The Kier molecular flexibility index (Phi) is 3.24. The number of benzene rings is 1.